The molecule has 0 amide bonds. The lowest BCUT2D eigenvalue weighted by Crippen LogP contribution is -2.28. The van der Waals surface area contributed by atoms with Gasteiger partial charge < -0.3 is 14.4 Å². The third kappa shape index (κ3) is 7.62. The minimum absolute atomic E-state index is 0.00377. The van der Waals surface area contributed by atoms with Crippen molar-refractivity contribution < 1.29 is 35.4 Å². The van der Waals surface area contributed by atoms with Gasteiger partial charge in [0.2, 0.25) is 0 Å². The molecule has 8 nitrogen and oxygen atoms in total. The normalized spacial score (nSPS) is 13.8. The van der Waals surface area contributed by atoms with E-state index >= 15 is 0 Å². The highest BCUT2D eigenvalue weighted by Crippen LogP contribution is 2.25. The van der Waals surface area contributed by atoms with E-state index in [1.165, 1.54) is 30.3 Å². The fourth-order valence-electron chi connectivity index (χ4n) is 3.41. The minimum atomic E-state index is -4.08. The van der Waals surface area contributed by atoms with Gasteiger partial charge >= 0.3 is 10.1 Å². The Hall–Kier alpha value is -2.76. The second-order valence-corrected chi connectivity index (χ2v) is 11.7. The summed E-state index contributed by atoms with van der Waals surface area (Å²) >= 11 is 0. The molecule has 3 rings (SSSR count). The molecule has 194 valence electrons. The van der Waals surface area contributed by atoms with Crippen molar-refractivity contribution in [2.45, 2.75) is 55.1 Å². The molecule has 10 heteroatoms. The Kier molecular flexibility index (Phi) is 9.26. The Labute approximate surface area is 212 Å². The van der Waals surface area contributed by atoms with Crippen LogP contribution < -0.4 is 4.18 Å². The molecule has 0 spiro atoms. The van der Waals surface area contributed by atoms with E-state index in [1.54, 1.807) is 42.5 Å². The van der Waals surface area contributed by atoms with E-state index in [4.69, 9.17) is 8.37 Å². The van der Waals surface area contributed by atoms with Crippen molar-refractivity contribution in [1.29, 1.82) is 0 Å². The SMILES string of the molecule is Cc1ccc(S(=O)(=O)OCCCC(O)C(O)Cc2ccccc2OS(=O)(=O)c2ccc(C)cc2)cc1. The Morgan fingerprint density at radius 3 is 1.83 bits per heavy atom. The number of benzene rings is 3. The largest absolute Gasteiger partial charge is 0.390 e. The lowest BCUT2D eigenvalue weighted by Gasteiger charge is -2.19. The first-order chi connectivity index (χ1) is 17.0. The molecular weight excluding hydrogens is 504 g/mol. The molecule has 0 aromatic heterocycles. The lowest BCUT2D eigenvalue weighted by atomic mass is 10.0. The van der Waals surface area contributed by atoms with Crippen LogP contribution >= 0.6 is 0 Å². The summed E-state index contributed by atoms with van der Waals surface area (Å²) in [6.07, 6.45) is -2.22. The molecule has 0 fully saturated rings. The molecule has 2 N–H and O–H groups in total. The molecule has 3 aromatic rings. The van der Waals surface area contributed by atoms with E-state index in [2.05, 4.69) is 0 Å². The maximum atomic E-state index is 12.7. The van der Waals surface area contributed by atoms with Gasteiger partial charge in [-0.05, 0) is 62.6 Å². The van der Waals surface area contributed by atoms with Crippen molar-refractivity contribution in [3.63, 3.8) is 0 Å². The van der Waals surface area contributed by atoms with Crippen LogP contribution in [-0.2, 0) is 30.8 Å². The van der Waals surface area contributed by atoms with Gasteiger partial charge in [-0.25, -0.2) is 0 Å². The molecule has 2 atom stereocenters. The zero-order chi connectivity index (χ0) is 26.3. The van der Waals surface area contributed by atoms with Crippen molar-refractivity contribution in [2.75, 3.05) is 6.61 Å². The maximum Gasteiger partial charge on any atom is 0.339 e. The molecule has 3 aromatic carbocycles. The molecule has 0 aliphatic heterocycles. The minimum Gasteiger partial charge on any atom is -0.390 e. The van der Waals surface area contributed by atoms with Crippen molar-refractivity contribution >= 4 is 20.2 Å². The molecular formula is C26H30O8S2. The van der Waals surface area contributed by atoms with Crippen LogP contribution in [0.1, 0.15) is 29.5 Å². The Bertz CT molecular complexity index is 1350. The zero-order valence-electron chi connectivity index (χ0n) is 20.1. The third-order valence-electron chi connectivity index (χ3n) is 5.55. The van der Waals surface area contributed by atoms with Gasteiger partial charge in [0.15, 0.2) is 0 Å². The summed E-state index contributed by atoms with van der Waals surface area (Å²) < 4.78 is 60.1. The van der Waals surface area contributed by atoms with Crippen LogP contribution in [0.25, 0.3) is 0 Å². The Morgan fingerprint density at radius 2 is 1.25 bits per heavy atom. The fourth-order valence-corrected chi connectivity index (χ4v) is 5.32. The molecule has 0 heterocycles. The summed E-state index contributed by atoms with van der Waals surface area (Å²) in [7, 11) is -7.99. The molecule has 0 aliphatic rings. The van der Waals surface area contributed by atoms with Crippen LogP contribution in [0.4, 0.5) is 0 Å². The topological polar surface area (TPSA) is 127 Å². The van der Waals surface area contributed by atoms with Crippen molar-refractivity contribution in [3.8, 4) is 5.75 Å². The number of aliphatic hydroxyl groups excluding tert-OH is 2. The van der Waals surface area contributed by atoms with Gasteiger partial charge in [0.25, 0.3) is 10.1 Å². The van der Waals surface area contributed by atoms with Gasteiger partial charge in [-0.15, -0.1) is 0 Å². The average Bonchev–Trinajstić information content (AvgIpc) is 2.83. The molecule has 0 saturated carbocycles. The van der Waals surface area contributed by atoms with Gasteiger partial charge in [-0.3, -0.25) is 4.18 Å². The number of rotatable bonds is 12. The number of aryl methyl sites for hydroxylation is 2. The standard InChI is InChI=1S/C26H30O8S2/c1-19-9-13-22(14-10-19)35(29,30)33-17-5-7-24(27)25(28)18-21-6-3-4-8-26(21)34-36(31,32)23-15-11-20(2)12-16-23/h3-4,6,8-16,24-25,27-28H,5,7,17-18H2,1-2H3. The molecule has 0 bridgehead atoms. The first-order valence-corrected chi connectivity index (χ1v) is 14.2. The number of hydrogen-bond donors (Lipinski definition) is 2. The monoisotopic (exact) mass is 534 g/mol. The van der Waals surface area contributed by atoms with Gasteiger partial charge in [0.1, 0.15) is 10.6 Å². The second kappa shape index (κ2) is 12.0. The fraction of sp³-hybridized carbons (Fsp3) is 0.308. The zero-order valence-corrected chi connectivity index (χ0v) is 21.7. The summed E-state index contributed by atoms with van der Waals surface area (Å²) in [6, 6.07) is 18.9. The third-order valence-corrected chi connectivity index (χ3v) is 8.12. The maximum absolute atomic E-state index is 12.7. The highest BCUT2D eigenvalue weighted by Gasteiger charge is 2.22. The van der Waals surface area contributed by atoms with E-state index in [0.29, 0.717) is 5.56 Å². The summed E-state index contributed by atoms with van der Waals surface area (Å²) in [5, 5.41) is 20.9. The summed E-state index contributed by atoms with van der Waals surface area (Å²) in [5.74, 6) is 0.0526. The number of para-hydroxylation sites is 1. The quantitative estimate of drug-likeness (QED) is 0.267. The van der Waals surface area contributed by atoms with Crippen LogP contribution in [-0.4, -0.2) is 45.9 Å². The van der Waals surface area contributed by atoms with E-state index in [0.717, 1.165) is 11.1 Å². The van der Waals surface area contributed by atoms with E-state index in [9.17, 15) is 27.0 Å². The molecule has 0 saturated heterocycles. The molecule has 0 aliphatic carbocycles. The van der Waals surface area contributed by atoms with Gasteiger partial charge in [-0.1, -0.05) is 53.6 Å². The van der Waals surface area contributed by atoms with Crippen molar-refractivity contribution in [2.24, 2.45) is 0 Å². The van der Waals surface area contributed by atoms with Crippen molar-refractivity contribution in [1.82, 2.24) is 0 Å². The average molecular weight is 535 g/mol. The molecule has 2 unspecified atom stereocenters. The lowest BCUT2D eigenvalue weighted by molar-refractivity contribution is 0.0121. The van der Waals surface area contributed by atoms with Crippen LogP contribution in [0.2, 0.25) is 0 Å². The first kappa shape index (κ1) is 27.8. The molecule has 36 heavy (non-hydrogen) atoms. The van der Waals surface area contributed by atoms with Crippen LogP contribution in [0, 0.1) is 13.8 Å². The second-order valence-electron chi connectivity index (χ2n) is 8.53. The van der Waals surface area contributed by atoms with Crippen LogP contribution in [0.15, 0.2) is 82.6 Å². The van der Waals surface area contributed by atoms with E-state index in [1.807, 2.05) is 13.8 Å². The first-order valence-electron chi connectivity index (χ1n) is 11.4. The smallest absolute Gasteiger partial charge is 0.339 e. The van der Waals surface area contributed by atoms with Gasteiger partial charge in [0, 0.05) is 6.42 Å². The molecule has 0 radical (unpaired) electrons. The Balaban J connectivity index is 1.55. The van der Waals surface area contributed by atoms with E-state index in [-0.39, 0.29) is 41.4 Å². The highest BCUT2D eigenvalue weighted by atomic mass is 32.2. The summed E-state index contributed by atoms with van der Waals surface area (Å²) in [6.45, 7) is 3.53. The van der Waals surface area contributed by atoms with Gasteiger partial charge in [0.05, 0.1) is 23.7 Å². The van der Waals surface area contributed by atoms with Crippen LogP contribution in [0.3, 0.4) is 0 Å². The van der Waals surface area contributed by atoms with E-state index < -0.39 is 32.4 Å². The summed E-state index contributed by atoms with van der Waals surface area (Å²) in [4.78, 5) is 0.0509. The van der Waals surface area contributed by atoms with Crippen LogP contribution in [0.5, 0.6) is 5.75 Å². The van der Waals surface area contributed by atoms with Crippen molar-refractivity contribution in [3.05, 3.63) is 89.5 Å². The Morgan fingerprint density at radius 1 is 0.722 bits per heavy atom. The predicted molar refractivity (Wildman–Crippen MR) is 135 cm³/mol. The number of hydrogen-bond acceptors (Lipinski definition) is 8. The summed E-state index contributed by atoms with van der Waals surface area (Å²) in [5.41, 5.74) is 2.23. The highest BCUT2D eigenvalue weighted by molar-refractivity contribution is 7.87. The number of aliphatic hydroxyl groups is 2. The predicted octanol–water partition coefficient (Wildman–Crippen LogP) is 3.52. The van der Waals surface area contributed by atoms with Gasteiger partial charge in [-0.2, -0.15) is 16.8 Å².